The molecule has 1 amide bonds. The summed E-state index contributed by atoms with van der Waals surface area (Å²) in [6.07, 6.45) is 2.89. The summed E-state index contributed by atoms with van der Waals surface area (Å²) in [4.78, 5) is 25.8. The summed E-state index contributed by atoms with van der Waals surface area (Å²) in [6, 6.07) is 1.75. The second-order valence-electron chi connectivity index (χ2n) is 8.84. The standard InChI is InChI=1S/C19H28N2O3.C2HF3O2/c1-20-10-17(13-24-11-15-2-3-15)19(14-20)5-7-21(8-6-19)18(22)16-4-9-23-12-16;3-2(4,5)1(6)7/h4,9,12,15,17H,2-3,5-8,10-11,13-14H2,1H3;(H,6,7). The summed E-state index contributed by atoms with van der Waals surface area (Å²) >= 11 is 0. The van der Waals surface area contributed by atoms with E-state index in [0.717, 1.165) is 58.2 Å². The third-order valence-electron chi connectivity index (χ3n) is 6.41. The van der Waals surface area contributed by atoms with Crippen LogP contribution in [0.5, 0.6) is 0 Å². The van der Waals surface area contributed by atoms with E-state index in [-0.39, 0.29) is 5.91 Å². The van der Waals surface area contributed by atoms with E-state index in [1.54, 1.807) is 18.6 Å². The molecule has 3 heterocycles. The molecule has 2 saturated heterocycles. The van der Waals surface area contributed by atoms with Gasteiger partial charge in [0.15, 0.2) is 0 Å². The molecule has 1 saturated carbocycles. The van der Waals surface area contributed by atoms with E-state index in [2.05, 4.69) is 11.9 Å². The molecule has 1 atom stereocenters. The number of nitrogens with zero attached hydrogens (tertiary/aromatic N) is 2. The van der Waals surface area contributed by atoms with Crippen molar-refractivity contribution in [1.29, 1.82) is 0 Å². The SMILES string of the molecule is CN1CC(COCC2CC2)C2(CCN(C(=O)c3ccoc3)CC2)C1.O=C(O)C(F)(F)F. The van der Waals surface area contributed by atoms with E-state index in [4.69, 9.17) is 19.1 Å². The minimum atomic E-state index is -5.08. The Morgan fingerprint density at radius 3 is 2.42 bits per heavy atom. The summed E-state index contributed by atoms with van der Waals surface area (Å²) in [6.45, 7) is 5.78. The van der Waals surface area contributed by atoms with Crippen LogP contribution in [0.4, 0.5) is 13.2 Å². The fourth-order valence-electron chi connectivity index (χ4n) is 4.48. The summed E-state index contributed by atoms with van der Waals surface area (Å²) < 4.78 is 42.8. The van der Waals surface area contributed by atoms with E-state index >= 15 is 0 Å². The number of piperidine rings is 1. The number of alkyl halides is 3. The number of ether oxygens (including phenoxy) is 1. The molecule has 3 fully saturated rings. The van der Waals surface area contributed by atoms with Crippen molar-refractivity contribution in [2.24, 2.45) is 17.3 Å². The number of furan rings is 1. The van der Waals surface area contributed by atoms with Gasteiger partial charge in [-0.2, -0.15) is 13.2 Å². The molecule has 4 rings (SSSR count). The number of halogens is 3. The van der Waals surface area contributed by atoms with Crippen molar-refractivity contribution in [1.82, 2.24) is 9.80 Å². The smallest absolute Gasteiger partial charge is 0.475 e. The number of carbonyl (C=O) groups excluding carboxylic acids is 1. The lowest BCUT2D eigenvalue weighted by Crippen LogP contribution is -2.47. The van der Waals surface area contributed by atoms with E-state index in [1.165, 1.54) is 12.8 Å². The van der Waals surface area contributed by atoms with Gasteiger partial charge in [0.05, 0.1) is 18.4 Å². The molecule has 1 N–H and O–H groups in total. The summed E-state index contributed by atoms with van der Waals surface area (Å²) in [7, 11) is 2.21. The van der Waals surface area contributed by atoms with Gasteiger partial charge in [0.25, 0.3) is 5.91 Å². The van der Waals surface area contributed by atoms with Crippen LogP contribution in [0.1, 0.15) is 36.0 Å². The first-order valence-corrected chi connectivity index (χ1v) is 10.5. The Labute approximate surface area is 179 Å². The Morgan fingerprint density at radius 2 is 1.90 bits per heavy atom. The molecule has 1 aromatic rings. The summed E-state index contributed by atoms with van der Waals surface area (Å²) in [5.74, 6) is -1.22. The predicted molar refractivity (Wildman–Crippen MR) is 104 cm³/mol. The third-order valence-corrected chi connectivity index (χ3v) is 6.41. The van der Waals surface area contributed by atoms with Crippen molar-refractivity contribution in [3.05, 3.63) is 24.2 Å². The fourth-order valence-corrected chi connectivity index (χ4v) is 4.48. The number of rotatable bonds is 5. The maximum absolute atomic E-state index is 12.5. The lowest BCUT2D eigenvalue weighted by atomic mass is 9.71. The number of carboxylic acid groups (broad SMARTS) is 1. The molecule has 174 valence electrons. The monoisotopic (exact) mass is 446 g/mol. The summed E-state index contributed by atoms with van der Waals surface area (Å²) in [5, 5.41) is 7.12. The van der Waals surface area contributed by atoms with Crippen LogP contribution < -0.4 is 0 Å². The average molecular weight is 446 g/mol. The molecule has 3 aliphatic rings. The van der Waals surface area contributed by atoms with Gasteiger partial charge in [-0.05, 0) is 50.1 Å². The Morgan fingerprint density at radius 1 is 1.26 bits per heavy atom. The highest BCUT2D eigenvalue weighted by atomic mass is 19.4. The van der Waals surface area contributed by atoms with Crippen LogP contribution in [-0.2, 0) is 9.53 Å². The van der Waals surface area contributed by atoms with Gasteiger partial charge in [0.2, 0.25) is 0 Å². The quantitative estimate of drug-likeness (QED) is 0.748. The zero-order valence-corrected chi connectivity index (χ0v) is 17.6. The highest BCUT2D eigenvalue weighted by Crippen LogP contribution is 2.44. The van der Waals surface area contributed by atoms with Gasteiger partial charge >= 0.3 is 12.1 Å². The van der Waals surface area contributed by atoms with Gasteiger partial charge in [0, 0.05) is 38.7 Å². The molecule has 0 radical (unpaired) electrons. The van der Waals surface area contributed by atoms with Gasteiger partial charge in [-0.15, -0.1) is 0 Å². The zero-order valence-electron chi connectivity index (χ0n) is 17.6. The topological polar surface area (TPSA) is 83.2 Å². The van der Waals surface area contributed by atoms with Crippen LogP contribution >= 0.6 is 0 Å². The minimum Gasteiger partial charge on any atom is -0.475 e. The lowest BCUT2D eigenvalue weighted by Gasteiger charge is -2.42. The molecule has 7 nitrogen and oxygen atoms in total. The van der Waals surface area contributed by atoms with E-state index in [1.807, 2.05) is 4.90 Å². The van der Waals surface area contributed by atoms with Gasteiger partial charge < -0.3 is 24.1 Å². The molecule has 0 aromatic carbocycles. The molecular weight excluding hydrogens is 417 g/mol. The molecule has 10 heteroatoms. The Balaban J connectivity index is 0.000000339. The maximum atomic E-state index is 12.5. The van der Waals surface area contributed by atoms with Crippen LogP contribution in [0.25, 0.3) is 0 Å². The maximum Gasteiger partial charge on any atom is 0.490 e. The van der Waals surface area contributed by atoms with Gasteiger partial charge in [-0.1, -0.05) is 0 Å². The molecule has 1 unspecified atom stereocenters. The third kappa shape index (κ3) is 6.22. The number of carbonyl (C=O) groups is 2. The number of amides is 1. The molecule has 31 heavy (non-hydrogen) atoms. The van der Waals surface area contributed by atoms with Crippen LogP contribution in [0.2, 0.25) is 0 Å². The zero-order chi connectivity index (χ0) is 22.6. The molecule has 1 aliphatic carbocycles. The Hall–Kier alpha value is -2.07. The first-order chi connectivity index (χ1) is 14.6. The largest absolute Gasteiger partial charge is 0.490 e. The fraction of sp³-hybridized carbons (Fsp3) is 0.714. The number of aliphatic carboxylic acids is 1. The van der Waals surface area contributed by atoms with Crippen molar-refractivity contribution in [3.8, 4) is 0 Å². The van der Waals surface area contributed by atoms with Crippen molar-refractivity contribution in [2.45, 2.75) is 31.9 Å². The second-order valence-corrected chi connectivity index (χ2v) is 8.84. The van der Waals surface area contributed by atoms with E-state index < -0.39 is 12.1 Å². The van der Waals surface area contributed by atoms with Crippen LogP contribution in [0.3, 0.4) is 0 Å². The van der Waals surface area contributed by atoms with Gasteiger partial charge in [0.1, 0.15) is 6.26 Å². The Kier molecular flexibility index (Phi) is 7.31. The first kappa shape index (κ1) is 23.6. The number of likely N-dealkylation sites (tertiary alicyclic amines) is 2. The molecule has 2 aliphatic heterocycles. The van der Waals surface area contributed by atoms with Crippen molar-refractivity contribution in [2.75, 3.05) is 46.4 Å². The second kappa shape index (κ2) is 9.60. The van der Waals surface area contributed by atoms with Gasteiger partial charge in [-0.3, -0.25) is 4.79 Å². The number of hydrogen-bond donors (Lipinski definition) is 1. The van der Waals surface area contributed by atoms with E-state index in [9.17, 15) is 18.0 Å². The van der Waals surface area contributed by atoms with Crippen LogP contribution in [-0.4, -0.2) is 79.4 Å². The molecular formula is C21H29F3N2O5. The molecule has 0 bridgehead atoms. The average Bonchev–Trinajstić information content (AvgIpc) is 3.26. The molecule has 1 spiro atoms. The van der Waals surface area contributed by atoms with Crippen molar-refractivity contribution in [3.63, 3.8) is 0 Å². The van der Waals surface area contributed by atoms with Crippen LogP contribution in [0, 0.1) is 17.3 Å². The van der Waals surface area contributed by atoms with Gasteiger partial charge in [-0.25, -0.2) is 4.79 Å². The highest BCUT2D eigenvalue weighted by Gasteiger charge is 2.47. The normalized spacial score (nSPS) is 23.5. The van der Waals surface area contributed by atoms with Crippen molar-refractivity contribution < 1.29 is 37.0 Å². The summed E-state index contributed by atoms with van der Waals surface area (Å²) in [5.41, 5.74) is 0.990. The minimum absolute atomic E-state index is 0.103. The lowest BCUT2D eigenvalue weighted by molar-refractivity contribution is -0.192. The number of hydrogen-bond acceptors (Lipinski definition) is 5. The predicted octanol–water partition coefficient (Wildman–Crippen LogP) is 3.12. The highest BCUT2D eigenvalue weighted by molar-refractivity contribution is 5.93. The Bertz CT molecular complexity index is 741. The van der Waals surface area contributed by atoms with E-state index in [0.29, 0.717) is 16.9 Å². The van der Waals surface area contributed by atoms with Crippen LogP contribution in [0.15, 0.2) is 23.0 Å². The molecule has 1 aromatic heterocycles. The van der Waals surface area contributed by atoms with Crippen molar-refractivity contribution >= 4 is 11.9 Å². The first-order valence-electron chi connectivity index (χ1n) is 10.5. The number of carboxylic acids is 1.